The molecule has 8 heteroatoms. The molecule has 4 rings (SSSR count). The van der Waals surface area contributed by atoms with Gasteiger partial charge in [-0.2, -0.15) is 0 Å². The Hall–Kier alpha value is -3.39. The maximum absolute atomic E-state index is 11.3. The third kappa shape index (κ3) is 3.73. The van der Waals surface area contributed by atoms with Crippen molar-refractivity contribution in [3.63, 3.8) is 0 Å². The molecule has 0 unspecified atom stereocenters. The van der Waals surface area contributed by atoms with Gasteiger partial charge < -0.3 is 19.5 Å². The maximum atomic E-state index is 11.3. The summed E-state index contributed by atoms with van der Waals surface area (Å²) >= 11 is 0. The number of benzene rings is 2. The summed E-state index contributed by atoms with van der Waals surface area (Å²) in [6, 6.07) is 13.8. The van der Waals surface area contributed by atoms with E-state index in [1.807, 2.05) is 24.3 Å². The molecule has 0 spiro atoms. The molecule has 0 aliphatic carbocycles. The number of piperidine rings is 1. The van der Waals surface area contributed by atoms with Crippen molar-refractivity contribution in [2.24, 2.45) is 0 Å². The molecule has 1 aliphatic heterocycles. The van der Waals surface area contributed by atoms with E-state index >= 15 is 0 Å². The number of fused-ring (bicyclic) bond motifs is 1. The van der Waals surface area contributed by atoms with E-state index in [1.165, 1.54) is 12.1 Å². The van der Waals surface area contributed by atoms with Crippen molar-refractivity contribution in [3.05, 3.63) is 64.2 Å². The first-order chi connectivity index (χ1) is 14.4. The first-order valence-corrected chi connectivity index (χ1v) is 9.68. The Bertz CT molecular complexity index is 1070. The monoisotopic (exact) mass is 409 g/mol. The average Bonchev–Trinajstić information content (AvgIpc) is 2.78. The Labute approximate surface area is 173 Å². The number of hydrogen-bond acceptors (Lipinski definition) is 7. The summed E-state index contributed by atoms with van der Waals surface area (Å²) in [6.07, 6.45) is 1.06. The zero-order valence-electron chi connectivity index (χ0n) is 16.9. The van der Waals surface area contributed by atoms with Gasteiger partial charge in [-0.3, -0.25) is 10.1 Å². The van der Waals surface area contributed by atoms with Gasteiger partial charge in [0.25, 0.3) is 5.69 Å². The standard InChI is InChI=1S/C22H23N3O5/c1-29-18-12-16(13-19(14-18)30-2)22(26)7-9-24(10-8-22)21-6-3-15-11-17(25(27)28)4-5-20(15)23-21/h3-6,11-14,26H,7-10H2,1-2H3. The fraction of sp³-hybridized carbons (Fsp3) is 0.318. The topological polar surface area (TPSA) is 98.0 Å². The molecule has 1 aliphatic rings. The number of non-ortho nitro benzene ring substituents is 1. The highest BCUT2D eigenvalue weighted by Gasteiger charge is 2.35. The zero-order valence-corrected chi connectivity index (χ0v) is 16.9. The van der Waals surface area contributed by atoms with Crippen molar-refractivity contribution in [2.45, 2.75) is 18.4 Å². The van der Waals surface area contributed by atoms with Crippen LogP contribution in [0.3, 0.4) is 0 Å². The van der Waals surface area contributed by atoms with E-state index in [9.17, 15) is 15.2 Å². The number of aliphatic hydroxyl groups is 1. The maximum Gasteiger partial charge on any atom is 0.270 e. The Morgan fingerprint density at radius 3 is 2.30 bits per heavy atom. The molecule has 0 saturated carbocycles. The molecule has 8 nitrogen and oxygen atoms in total. The average molecular weight is 409 g/mol. The van der Waals surface area contributed by atoms with Crippen molar-refractivity contribution in [2.75, 3.05) is 32.2 Å². The van der Waals surface area contributed by atoms with Gasteiger partial charge in [0, 0.05) is 36.7 Å². The van der Waals surface area contributed by atoms with Gasteiger partial charge >= 0.3 is 0 Å². The van der Waals surface area contributed by atoms with Crippen LogP contribution in [0.15, 0.2) is 48.5 Å². The van der Waals surface area contributed by atoms with Crippen LogP contribution in [0, 0.1) is 10.1 Å². The van der Waals surface area contributed by atoms with Gasteiger partial charge in [-0.1, -0.05) is 0 Å². The van der Waals surface area contributed by atoms with Crippen LogP contribution in [0.5, 0.6) is 11.5 Å². The third-order valence-corrected chi connectivity index (χ3v) is 5.67. The van der Waals surface area contributed by atoms with Crippen molar-refractivity contribution in [1.29, 1.82) is 0 Å². The summed E-state index contributed by atoms with van der Waals surface area (Å²) in [5, 5.41) is 23.0. The first-order valence-electron chi connectivity index (χ1n) is 9.68. The minimum absolute atomic E-state index is 0.0498. The van der Waals surface area contributed by atoms with E-state index < -0.39 is 10.5 Å². The number of rotatable bonds is 5. The molecule has 1 N–H and O–H groups in total. The number of ether oxygens (including phenoxy) is 2. The third-order valence-electron chi connectivity index (χ3n) is 5.67. The van der Waals surface area contributed by atoms with E-state index in [1.54, 1.807) is 26.4 Å². The molecule has 0 atom stereocenters. The molecule has 0 amide bonds. The number of nitrogens with zero attached hydrogens (tertiary/aromatic N) is 3. The largest absolute Gasteiger partial charge is 0.497 e. The summed E-state index contributed by atoms with van der Waals surface area (Å²) in [7, 11) is 3.18. The minimum Gasteiger partial charge on any atom is -0.497 e. The van der Waals surface area contributed by atoms with Crippen molar-refractivity contribution < 1.29 is 19.5 Å². The lowest BCUT2D eigenvalue weighted by Crippen LogP contribution is -2.43. The van der Waals surface area contributed by atoms with Gasteiger partial charge in [-0.25, -0.2) is 4.98 Å². The lowest BCUT2D eigenvalue weighted by atomic mass is 9.84. The van der Waals surface area contributed by atoms with E-state index in [0.29, 0.717) is 42.9 Å². The van der Waals surface area contributed by atoms with Crippen molar-refractivity contribution >= 4 is 22.4 Å². The van der Waals surface area contributed by atoms with Gasteiger partial charge in [0.2, 0.25) is 0 Å². The van der Waals surface area contributed by atoms with E-state index in [4.69, 9.17) is 9.47 Å². The second-order valence-electron chi connectivity index (χ2n) is 7.42. The fourth-order valence-electron chi connectivity index (χ4n) is 3.86. The predicted molar refractivity (Wildman–Crippen MR) is 113 cm³/mol. The predicted octanol–water partition coefficient (Wildman–Crippen LogP) is 3.65. The van der Waals surface area contributed by atoms with Gasteiger partial charge in [0.05, 0.1) is 30.3 Å². The zero-order chi connectivity index (χ0) is 21.3. The molecule has 156 valence electrons. The van der Waals surface area contributed by atoms with Gasteiger partial charge in [0.15, 0.2) is 0 Å². The number of pyridine rings is 1. The summed E-state index contributed by atoms with van der Waals surface area (Å²) in [5.74, 6) is 2.08. The minimum atomic E-state index is -0.976. The lowest BCUT2D eigenvalue weighted by molar-refractivity contribution is -0.384. The Balaban J connectivity index is 1.54. The number of methoxy groups -OCH3 is 2. The van der Waals surface area contributed by atoms with Crippen LogP contribution in [0.1, 0.15) is 18.4 Å². The molecule has 1 fully saturated rings. The molecule has 0 radical (unpaired) electrons. The number of anilines is 1. The highest BCUT2D eigenvalue weighted by atomic mass is 16.6. The van der Waals surface area contributed by atoms with Crippen LogP contribution in [0.2, 0.25) is 0 Å². The summed E-state index contributed by atoms with van der Waals surface area (Å²) in [6.45, 7) is 1.25. The fourth-order valence-corrected chi connectivity index (χ4v) is 3.86. The molecule has 2 aromatic carbocycles. The Morgan fingerprint density at radius 2 is 1.70 bits per heavy atom. The van der Waals surface area contributed by atoms with E-state index in [0.717, 1.165) is 16.8 Å². The molecule has 30 heavy (non-hydrogen) atoms. The second kappa shape index (κ2) is 7.79. The van der Waals surface area contributed by atoms with Gasteiger partial charge in [-0.15, -0.1) is 0 Å². The number of nitro groups is 1. The Kier molecular flexibility index (Phi) is 5.17. The molecule has 1 saturated heterocycles. The number of nitro benzene ring substituents is 1. The van der Waals surface area contributed by atoms with Gasteiger partial charge in [-0.05, 0) is 48.7 Å². The van der Waals surface area contributed by atoms with Crippen molar-refractivity contribution in [1.82, 2.24) is 4.98 Å². The molecule has 2 heterocycles. The van der Waals surface area contributed by atoms with Crippen molar-refractivity contribution in [3.8, 4) is 11.5 Å². The van der Waals surface area contributed by atoms with Crippen LogP contribution in [-0.2, 0) is 5.60 Å². The van der Waals surface area contributed by atoms with Crippen LogP contribution in [0.4, 0.5) is 11.5 Å². The summed E-state index contributed by atoms with van der Waals surface area (Å²) in [5.41, 5.74) is 0.554. The highest BCUT2D eigenvalue weighted by Crippen LogP contribution is 2.38. The lowest BCUT2D eigenvalue weighted by Gasteiger charge is -2.39. The van der Waals surface area contributed by atoms with Crippen LogP contribution < -0.4 is 14.4 Å². The first kappa shape index (κ1) is 19.9. The van der Waals surface area contributed by atoms with Gasteiger partial charge in [0.1, 0.15) is 17.3 Å². The molecule has 0 bridgehead atoms. The summed E-state index contributed by atoms with van der Waals surface area (Å²) in [4.78, 5) is 17.3. The quantitative estimate of drug-likeness (QED) is 0.507. The van der Waals surface area contributed by atoms with Crippen LogP contribution >= 0.6 is 0 Å². The molecule has 3 aromatic rings. The summed E-state index contributed by atoms with van der Waals surface area (Å²) < 4.78 is 10.7. The highest BCUT2D eigenvalue weighted by molar-refractivity contribution is 5.82. The number of aromatic nitrogens is 1. The SMILES string of the molecule is COc1cc(OC)cc(C2(O)CCN(c3ccc4cc([N+](=O)[O-])ccc4n3)CC2)c1. The van der Waals surface area contributed by atoms with Crippen LogP contribution in [-0.4, -0.2) is 42.3 Å². The van der Waals surface area contributed by atoms with Crippen LogP contribution in [0.25, 0.3) is 10.9 Å². The molecular weight excluding hydrogens is 386 g/mol. The normalized spacial score (nSPS) is 15.8. The Morgan fingerprint density at radius 1 is 1.03 bits per heavy atom. The second-order valence-corrected chi connectivity index (χ2v) is 7.42. The molecular formula is C22H23N3O5. The number of hydrogen-bond donors (Lipinski definition) is 1. The molecule has 1 aromatic heterocycles. The van der Waals surface area contributed by atoms with E-state index in [-0.39, 0.29) is 5.69 Å². The smallest absolute Gasteiger partial charge is 0.270 e. The van der Waals surface area contributed by atoms with E-state index in [2.05, 4.69) is 9.88 Å².